The van der Waals surface area contributed by atoms with Crippen molar-refractivity contribution in [1.82, 2.24) is 9.55 Å². The van der Waals surface area contributed by atoms with E-state index in [1.54, 1.807) is 0 Å². The van der Waals surface area contributed by atoms with Crippen LogP contribution in [0.15, 0.2) is 71.5 Å². The van der Waals surface area contributed by atoms with Gasteiger partial charge in [-0.05, 0) is 65.8 Å². The van der Waals surface area contributed by atoms with Crippen molar-refractivity contribution in [1.29, 1.82) is 5.26 Å². The monoisotopic (exact) mass is 503 g/mol. The van der Waals surface area contributed by atoms with E-state index in [0.29, 0.717) is 17.7 Å². The van der Waals surface area contributed by atoms with Crippen LogP contribution < -0.4 is 10.3 Å². The van der Waals surface area contributed by atoms with Crippen molar-refractivity contribution in [3.63, 3.8) is 0 Å². The Bertz CT molecular complexity index is 1560. The number of aryl methyl sites for hydroxylation is 1. The number of rotatable bonds is 8. The van der Waals surface area contributed by atoms with Gasteiger partial charge in [-0.3, -0.25) is 4.79 Å². The Morgan fingerprint density at radius 2 is 1.82 bits per heavy atom. The molecule has 1 aliphatic rings. The van der Waals surface area contributed by atoms with E-state index in [1.165, 1.54) is 0 Å². The van der Waals surface area contributed by atoms with Gasteiger partial charge >= 0.3 is 0 Å². The fourth-order valence-electron chi connectivity index (χ4n) is 5.40. The number of ether oxygens (including phenoxy) is 1. The summed E-state index contributed by atoms with van der Waals surface area (Å²) in [6.07, 6.45) is 4.51. The lowest BCUT2D eigenvalue weighted by Gasteiger charge is -2.21. The first-order valence-corrected chi connectivity index (χ1v) is 13.5. The zero-order valence-corrected chi connectivity index (χ0v) is 22.3. The summed E-state index contributed by atoms with van der Waals surface area (Å²) >= 11 is 0. The maximum absolute atomic E-state index is 13.4. The molecule has 4 aromatic rings. The summed E-state index contributed by atoms with van der Waals surface area (Å²) < 4.78 is 8.14. The largest absolute Gasteiger partial charge is 0.490 e. The van der Waals surface area contributed by atoms with Crippen LogP contribution in [0.3, 0.4) is 0 Å². The molecule has 1 atom stereocenters. The zero-order chi connectivity index (χ0) is 26.6. The van der Waals surface area contributed by atoms with Crippen molar-refractivity contribution in [2.45, 2.75) is 65.5 Å². The zero-order valence-electron chi connectivity index (χ0n) is 22.3. The van der Waals surface area contributed by atoms with Crippen molar-refractivity contribution in [3.05, 3.63) is 105 Å². The predicted molar refractivity (Wildman–Crippen MR) is 151 cm³/mol. The number of hydrogen-bond acceptors (Lipinski definition) is 4. The molecule has 5 nitrogen and oxygen atoms in total. The molecule has 1 aliphatic heterocycles. The average molecular weight is 504 g/mol. The number of nitrogens with zero attached hydrogens (tertiary/aromatic N) is 3. The molecule has 2 heterocycles. The van der Waals surface area contributed by atoms with Gasteiger partial charge in [-0.1, -0.05) is 68.8 Å². The van der Waals surface area contributed by atoms with Crippen LogP contribution in [0.1, 0.15) is 61.8 Å². The Balaban J connectivity index is 1.56. The van der Waals surface area contributed by atoms with Gasteiger partial charge in [-0.25, -0.2) is 0 Å². The fourth-order valence-corrected chi connectivity index (χ4v) is 5.40. The average Bonchev–Trinajstić information content (AvgIpc) is 3.32. The van der Waals surface area contributed by atoms with Crippen LogP contribution in [-0.4, -0.2) is 15.7 Å². The first kappa shape index (κ1) is 25.5. The van der Waals surface area contributed by atoms with Gasteiger partial charge in [-0.2, -0.15) is 10.2 Å². The molecule has 0 radical (unpaired) electrons. The first-order valence-electron chi connectivity index (χ1n) is 13.5. The lowest BCUT2D eigenvalue weighted by molar-refractivity contribution is 0.254. The van der Waals surface area contributed by atoms with E-state index in [-0.39, 0.29) is 11.7 Å². The number of hydrogen-bond donors (Lipinski definition) is 0. The van der Waals surface area contributed by atoms with Crippen molar-refractivity contribution >= 4 is 0 Å². The topological polar surface area (TPSA) is 67.9 Å². The predicted octanol–water partition coefficient (Wildman–Crippen LogP) is 6.73. The molecule has 0 saturated carbocycles. The quantitative estimate of drug-likeness (QED) is 0.267. The van der Waals surface area contributed by atoms with Gasteiger partial charge in [0.2, 0.25) is 0 Å². The van der Waals surface area contributed by atoms with Crippen molar-refractivity contribution in [2.75, 3.05) is 0 Å². The molecule has 0 fully saturated rings. The van der Waals surface area contributed by atoms with Gasteiger partial charge in [-0.15, -0.1) is 0 Å². The normalized spacial score (nSPS) is 14.1. The Labute approximate surface area is 224 Å². The van der Waals surface area contributed by atoms with Crippen LogP contribution >= 0.6 is 0 Å². The number of fused-ring (bicyclic) bond motifs is 1. The second-order valence-corrected chi connectivity index (χ2v) is 10.0. The Morgan fingerprint density at radius 1 is 1.05 bits per heavy atom. The van der Waals surface area contributed by atoms with Crippen LogP contribution in [0.4, 0.5) is 0 Å². The molecule has 0 saturated heterocycles. The Morgan fingerprint density at radius 3 is 2.55 bits per heavy atom. The fraction of sp³-hybridized carbons (Fsp3) is 0.303. The van der Waals surface area contributed by atoms with Crippen molar-refractivity contribution < 1.29 is 4.74 Å². The van der Waals surface area contributed by atoms with E-state index in [4.69, 9.17) is 4.74 Å². The molecule has 5 rings (SSSR count). The Kier molecular flexibility index (Phi) is 7.42. The highest BCUT2D eigenvalue weighted by atomic mass is 16.5. The summed E-state index contributed by atoms with van der Waals surface area (Å²) in [6.45, 7) is 6.97. The van der Waals surface area contributed by atoms with E-state index < -0.39 is 0 Å². The lowest BCUT2D eigenvalue weighted by atomic mass is 9.98. The molecule has 0 spiro atoms. The molecule has 5 heteroatoms. The van der Waals surface area contributed by atoms with Crippen LogP contribution in [-0.2, 0) is 25.8 Å². The summed E-state index contributed by atoms with van der Waals surface area (Å²) in [5, 5.41) is 9.50. The summed E-state index contributed by atoms with van der Waals surface area (Å²) in [5.74, 6) is 1.75. The highest BCUT2D eigenvalue weighted by molar-refractivity contribution is 5.71. The molecule has 0 N–H and O–H groups in total. The molecule has 192 valence electrons. The van der Waals surface area contributed by atoms with E-state index in [1.807, 2.05) is 36.4 Å². The van der Waals surface area contributed by atoms with Crippen LogP contribution in [0.5, 0.6) is 5.75 Å². The van der Waals surface area contributed by atoms with Crippen LogP contribution in [0, 0.1) is 11.3 Å². The minimum atomic E-state index is -0.153. The van der Waals surface area contributed by atoms with E-state index in [2.05, 4.69) is 66.7 Å². The molecule has 0 amide bonds. The van der Waals surface area contributed by atoms with E-state index in [0.717, 1.165) is 77.2 Å². The number of nitriles is 1. The molecule has 38 heavy (non-hydrogen) atoms. The highest BCUT2D eigenvalue weighted by Crippen LogP contribution is 2.33. The van der Waals surface area contributed by atoms with Crippen LogP contribution in [0.25, 0.3) is 22.3 Å². The van der Waals surface area contributed by atoms with Crippen LogP contribution in [0.2, 0.25) is 0 Å². The highest BCUT2D eigenvalue weighted by Gasteiger charge is 2.22. The molecule has 0 aliphatic carbocycles. The number of aromatic nitrogens is 2. The number of unbranched alkanes of at least 4 members (excludes halogenated alkanes) is 1. The third kappa shape index (κ3) is 4.99. The minimum absolute atomic E-state index is 0.153. The summed E-state index contributed by atoms with van der Waals surface area (Å²) in [4.78, 5) is 18.1. The molecule has 3 aromatic carbocycles. The second kappa shape index (κ2) is 11.1. The van der Waals surface area contributed by atoms with E-state index in [9.17, 15) is 10.1 Å². The third-order valence-corrected chi connectivity index (χ3v) is 7.30. The molecular weight excluding hydrogens is 470 g/mol. The number of benzene rings is 3. The minimum Gasteiger partial charge on any atom is -0.490 e. The smallest absolute Gasteiger partial charge is 0.281 e. The maximum atomic E-state index is 13.4. The summed E-state index contributed by atoms with van der Waals surface area (Å²) in [7, 11) is 0. The second-order valence-electron chi connectivity index (χ2n) is 10.0. The molecule has 1 aromatic heterocycles. The van der Waals surface area contributed by atoms with Gasteiger partial charge in [0.1, 0.15) is 17.7 Å². The third-order valence-electron chi connectivity index (χ3n) is 7.30. The SMILES string of the molecule is CCCCc1nc(=O)c(-c2ccc3c(c2)CC(C)O3)c(CC)n1Cc1ccc(-c2ccccc2C#N)cc1. The van der Waals surface area contributed by atoms with Gasteiger partial charge in [0, 0.05) is 25.1 Å². The first-order chi connectivity index (χ1) is 18.5. The summed E-state index contributed by atoms with van der Waals surface area (Å²) in [6, 6.07) is 24.4. The molecule has 1 unspecified atom stereocenters. The summed E-state index contributed by atoms with van der Waals surface area (Å²) in [5.41, 5.74) is 7.35. The maximum Gasteiger partial charge on any atom is 0.281 e. The van der Waals surface area contributed by atoms with Crippen molar-refractivity contribution in [3.8, 4) is 34.1 Å². The molecular formula is C33H33N3O2. The lowest BCUT2D eigenvalue weighted by Crippen LogP contribution is -2.25. The Hall–Kier alpha value is -4.17. The van der Waals surface area contributed by atoms with Gasteiger partial charge in [0.15, 0.2) is 0 Å². The van der Waals surface area contributed by atoms with Gasteiger partial charge in [0.05, 0.1) is 17.2 Å². The standard InChI is InChI=1S/C33H33N3O2/c1-4-6-11-31-35-33(37)32(25-16-17-30-27(19-25)18-22(3)38-30)29(5-2)36(31)21-23-12-14-24(15-13-23)28-10-8-7-9-26(28)20-34/h7-10,12-17,19,22H,4-6,11,18,21H2,1-3H3. The van der Waals surface area contributed by atoms with Gasteiger partial charge < -0.3 is 9.30 Å². The molecule has 0 bridgehead atoms. The van der Waals surface area contributed by atoms with Crippen molar-refractivity contribution in [2.24, 2.45) is 0 Å². The van der Waals surface area contributed by atoms with Gasteiger partial charge in [0.25, 0.3) is 5.56 Å². The van der Waals surface area contributed by atoms with E-state index >= 15 is 0 Å².